The van der Waals surface area contributed by atoms with E-state index in [2.05, 4.69) is 16.9 Å². The number of carbonyl (C=O) groups is 5. The van der Waals surface area contributed by atoms with Crippen LogP contribution in [-0.2, 0) is 27.3 Å². The zero-order valence-electron chi connectivity index (χ0n) is 34.5. The standard InChI is InChI=1S/C43H42ClN5O11P2.CH3Cl/c44-24-26-25-49(35-23-37(60-62(57)58)30-10-5-6-11-31(30)41(26)35)43(54)33-14-13-32(46(33)21-18-45-38(50)12-2-1-7-19-48-39(51)15-16-40(48)52)42(53)47-20-17-28-27-8-3-4-9-29(27)36(22-34(28)47)59-61(55)56;1-2/h3-6,8-11,13-16,22-23,26,55-58H,1-2,7,12,17-21,24-25H2,(H,45,50);1H3. The second-order valence-corrected chi connectivity index (χ2v) is 16.7. The van der Waals surface area contributed by atoms with Gasteiger partial charge < -0.3 is 48.3 Å². The van der Waals surface area contributed by atoms with Crippen LogP contribution >= 0.6 is 40.4 Å². The van der Waals surface area contributed by atoms with E-state index in [1.807, 2.05) is 30.3 Å². The van der Waals surface area contributed by atoms with Gasteiger partial charge in [0.1, 0.15) is 22.9 Å². The predicted octanol–water partition coefficient (Wildman–Crippen LogP) is 6.62. The smallest absolute Gasteiger partial charge is 0.391 e. The molecule has 8 rings (SSSR count). The lowest BCUT2D eigenvalue weighted by atomic mass is 9.95. The highest BCUT2D eigenvalue weighted by atomic mass is 35.5. The van der Waals surface area contributed by atoms with Gasteiger partial charge in [0.2, 0.25) is 5.91 Å². The Labute approximate surface area is 380 Å². The number of nitrogens with one attached hydrogen (secondary N) is 1. The number of rotatable bonds is 16. The maximum absolute atomic E-state index is 14.8. The highest BCUT2D eigenvalue weighted by Crippen LogP contribution is 2.48. The van der Waals surface area contributed by atoms with E-state index in [9.17, 15) is 43.5 Å². The molecule has 16 nitrogen and oxygen atoms in total. The first-order valence-corrected chi connectivity index (χ1v) is 24.0. The normalized spacial score (nSPS) is 15.3. The van der Waals surface area contributed by atoms with Crippen molar-refractivity contribution in [3.8, 4) is 11.5 Å². The van der Waals surface area contributed by atoms with Crippen LogP contribution in [0.15, 0.2) is 84.9 Å². The maximum Gasteiger partial charge on any atom is 0.391 e. The summed E-state index contributed by atoms with van der Waals surface area (Å²) in [6.07, 6.45) is 6.30. The number of fused-ring (bicyclic) bond motifs is 6. The van der Waals surface area contributed by atoms with Crippen LogP contribution < -0.4 is 24.2 Å². The Morgan fingerprint density at radius 3 is 1.91 bits per heavy atom. The molecule has 4 aromatic carbocycles. The van der Waals surface area contributed by atoms with E-state index >= 15 is 0 Å². The number of halogens is 2. The molecule has 0 bridgehead atoms. The molecule has 0 spiro atoms. The van der Waals surface area contributed by atoms with Crippen molar-refractivity contribution in [1.82, 2.24) is 14.8 Å². The van der Waals surface area contributed by atoms with E-state index in [0.29, 0.717) is 54.4 Å². The van der Waals surface area contributed by atoms with Crippen molar-refractivity contribution in [1.29, 1.82) is 0 Å². The summed E-state index contributed by atoms with van der Waals surface area (Å²) in [5.74, 6) is -1.58. The Balaban J connectivity index is 0.00000302. The molecule has 3 aliphatic rings. The van der Waals surface area contributed by atoms with Gasteiger partial charge in [0, 0.05) is 92.4 Å². The molecule has 0 saturated heterocycles. The minimum atomic E-state index is -2.79. The van der Waals surface area contributed by atoms with Crippen LogP contribution in [0, 0.1) is 0 Å². The van der Waals surface area contributed by atoms with Crippen molar-refractivity contribution in [2.75, 3.05) is 48.2 Å². The number of alkyl halides is 2. The molecule has 5 aromatic rings. The van der Waals surface area contributed by atoms with Crippen LogP contribution in [0.25, 0.3) is 21.5 Å². The number of imide groups is 1. The molecule has 5 N–H and O–H groups in total. The Kier molecular flexibility index (Phi) is 15.2. The number of unbranched alkanes of at least 4 members (excludes halogenated alkanes) is 2. The van der Waals surface area contributed by atoms with E-state index in [1.165, 1.54) is 18.5 Å². The van der Waals surface area contributed by atoms with Crippen molar-refractivity contribution in [2.24, 2.45) is 0 Å². The summed E-state index contributed by atoms with van der Waals surface area (Å²) in [5.41, 5.74) is 2.98. The van der Waals surface area contributed by atoms with Gasteiger partial charge in [-0.1, -0.05) is 55.0 Å². The van der Waals surface area contributed by atoms with Gasteiger partial charge >= 0.3 is 17.2 Å². The summed E-state index contributed by atoms with van der Waals surface area (Å²) in [5, 5.41) is 5.71. The van der Waals surface area contributed by atoms with E-state index in [-0.39, 0.29) is 85.0 Å². The molecule has 4 heterocycles. The summed E-state index contributed by atoms with van der Waals surface area (Å²) < 4.78 is 12.4. The predicted molar refractivity (Wildman–Crippen MR) is 246 cm³/mol. The van der Waals surface area contributed by atoms with E-state index < -0.39 is 29.0 Å². The van der Waals surface area contributed by atoms with Crippen LogP contribution in [-0.4, -0.2) is 97.0 Å². The minimum Gasteiger partial charge on any atom is -0.426 e. The van der Waals surface area contributed by atoms with Gasteiger partial charge in [-0.3, -0.25) is 28.9 Å². The maximum atomic E-state index is 14.8. The number of nitrogens with zero attached hydrogens (tertiary/aromatic N) is 4. The highest BCUT2D eigenvalue weighted by molar-refractivity contribution is 7.40. The molecule has 0 radical (unpaired) electrons. The lowest BCUT2D eigenvalue weighted by molar-refractivity contribution is -0.137. The summed E-state index contributed by atoms with van der Waals surface area (Å²) in [4.78, 5) is 110. The van der Waals surface area contributed by atoms with Gasteiger partial charge in [-0.05, 0) is 53.3 Å². The van der Waals surface area contributed by atoms with Gasteiger partial charge in [0.05, 0.1) is 11.4 Å². The van der Waals surface area contributed by atoms with Crippen molar-refractivity contribution in [3.05, 3.63) is 107 Å². The molecule has 0 aliphatic carbocycles. The summed E-state index contributed by atoms with van der Waals surface area (Å²) in [7, 11) is -5.55. The van der Waals surface area contributed by atoms with Crippen LogP contribution in [0.4, 0.5) is 11.4 Å². The average Bonchev–Trinajstić information content (AvgIpc) is 4.08. The number of hydrogen-bond acceptors (Lipinski definition) is 11. The van der Waals surface area contributed by atoms with Gasteiger partial charge in [-0.25, -0.2) is 0 Å². The lowest BCUT2D eigenvalue weighted by Gasteiger charge is -2.23. The second-order valence-electron chi connectivity index (χ2n) is 15.0. The van der Waals surface area contributed by atoms with E-state index in [4.69, 9.17) is 20.6 Å². The summed E-state index contributed by atoms with van der Waals surface area (Å²) in [6, 6.07) is 20.9. The Bertz CT molecular complexity index is 2620. The zero-order chi connectivity index (χ0) is 45.7. The largest absolute Gasteiger partial charge is 0.426 e. The van der Waals surface area contributed by atoms with Gasteiger partial charge in [0.15, 0.2) is 0 Å². The molecule has 20 heteroatoms. The SMILES string of the molecule is CCl.O=C(CCCCCN1C(=O)C=CC1=O)NCCn1c(C(=O)N2CCc3c2cc(OP(O)O)c2ccccc32)ccc1C(=O)N1CC(CCl)c2c1cc(OP(O)O)c1ccccc21. The first-order valence-electron chi connectivity index (χ1n) is 20.3. The third-order valence-corrected chi connectivity index (χ3v) is 12.5. The number of carbonyl (C=O) groups excluding carboxylic acids is 5. The van der Waals surface area contributed by atoms with Gasteiger partial charge in [0.25, 0.3) is 23.6 Å². The van der Waals surface area contributed by atoms with Crippen LogP contribution in [0.1, 0.15) is 63.7 Å². The minimum absolute atomic E-state index is 0.0319. The average molecular weight is 953 g/mol. The fourth-order valence-corrected chi connectivity index (χ4v) is 9.55. The van der Waals surface area contributed by atoms with Gasteiger partial charge in [-0.15, -0.1) is 23.2 Å². The Morgan fingerprint density at radius 1 is 0.734 bits per heavy atom. The molecule has 1 atom stereocenters. The van der Waals surface area contributed by atoms with Crippen molar-refractivity contribution in [2.45, 2.75) is 44.6 Å². The van der Waals surface area contributed by atoms with Crippen molar-refractivity contribution in [3.63, 3.8) is 0 Å². The highest BCUT2D eigenvalue weighted by Gasteiger charge is 2.38. The Morgan fingerprint density at radius 2 is 1.30 bits per heavy atom. The molecule has 0 fully saturated rings. The third-order valence-electron chi connectivity index (χ3n) is 11.4. The first-order chi connectivity index (χ1) is 30.9. The molecule has 336 valence electrons. The summed E-state index contributed by atoms with van der Waals surface area (Å²) >= 11 is 11.2. The fraction of sp³-hybridized carbons (Fsp3) is 0.295. The number of hydrogen-bond donors (Lipinski definition) is 5. The number of benzene rings is 4. The Hall–Kier alpha value is -5.15. The molecular weight excluding hydrogens is 907 g/mol. The third kappa shape index (κ3) is 9.61. The van der Waals surface area contributed by atoms with Crippen LogP contribution in [0.5, 0.6) is 11.5 Å². The lowest BCUT2D eigenvalue weighted by Crippen LogP contribution is -2.36. The van der Waals surface area contributed by atoms with E-state index in [1.54, 1.807) is 56.8 Å². The second kappa shape index (κ2) is 20.8. The molecule has 1 aromatic heterocycles. The van der Waals surface area contributed by atoms with Crippen molar-refractivity contribution < 1.29 is 52.6 Å². The number of amides is 5. The van der Waals surface area contributed by atoms with Gasteiger partial charge in [-0.2, -0.15) is 0 Å². The molecular formula is C44H45Cl2N5O11P2. The fourth-order valence-electron chi connectivity index (χ4n) is 8.64. The number of anilines is 2. The van der Waals surface area contributed by atoms with Crippen LogP contribution in [0.2, 0.25) is 0 Å². The molecule has 64 heavy (non-hydrogen) atoms. The summed E-state index contributed by atoms with van der Waals surface area (Å²) in [6.45, 7) is 0.844. The molecule has 0 saturated carbocycles. The van der Waals surface area contributed by atoms with E-state index in [0.717, 1.165) is 26.8 Å². The van der Waals surface area contributed by atoms with Crippen LogP contribution in [0.3, 0.4) is 0 Å². The monoisotopic (exact) mass is 951 g/mol. The molecule has 5 amide bonds. The number of aromatic nitrogens is 1. The zero-order valence-corrected chi connectivity index (χ0v) is 37.8. The molecule has 1 unspecified atom stereocenters. The first kappa shape index (κ1) is 46.8. The molecule has 3 aliphatic heterocycles. The van der Waals surface area contributed by atoms with Crippen molar-refractivity contribution >= 4 is 103 Å². The quantitative estimate of drug-likeness (QED) is 0.0307. The topological polar surface area (TPSA) is 211 Å².